The van der Waals surface area contributed by atoms with Gasteiger partial charge >= 0.3 is 6.18 Å². The number of benzene rings is 1. The summed E-state index contributed by atoms with van der Waals surface area (Å²) < 4.78 is 39.7. The van der Waals surface area contributed by atoms with E-state index in [1.165, 1.54) is 35.4 Å². The number of anilines is 2. The van der Waals surface area contributed by atoms with Crippen LogP contribution in [0.4, 0.5) is 24.7 Å². The van der Waals surface area contributed by atoms with Gasteiger partial charge in [0, 0.05) is 24.3 Å². The van der Waals surface area contributed by atoms with Crippen LogP contribution in [-0.2, 0) is 11.0 Å². The highest BCUT2D eigenvalue weighted by Crippen LogP contribution is 2.36. The van der Waals surface area contributed by atoms with E-state index in [0.717, 1.165) is 6.07 Å². The molecule has 27 heavy (non-hydrogen) atoms. The first kappa shape index (κ1) is 19.3. The first-order valence-electron chi connectivity index (χ1n) is 8.32. The molecule has 1 amide bonds. The van der Waals surface area contributed by atoms with E-state index >= 15 is 0 Å². The molecule has 144 valence electrons. The van der Waals surface area contributed by atoms with Gasteiger partial charge in [0.2, 0.25) is 5.91 Å². The van der Waals surface area contributed by atoms with Gasteiger partial charge in [0.1, 0.15) is 11.6 Å². The number of hydrogen-bond acceptors (Lipinski definition) is 4. The SMILES string of the molecule is O=C(Nc1cc(Cl)ccc1O)C1CCCN(c2ncccc2C(F)(F)F)C1. The maximum atomic E-state index is 13.2. The average Bonchev–Trinajstić information content (AvgIpc) is 2.64. The van der Waals surface area contributed by atoms with Crippen molar-refractivity contribution in [2.45, 2.75) is 19.0 Å². The van der Waals surface area contributed by atoms with E-state index in [-0.39, 0.29) is 29.7 Å². The molecule has 0 spiro atoms. The van der Waals surface area contributed by atoms with E-state index in [1.54, 1.807) is 0 Å². The predicted molar refractivity (Wildman–Crippen MR) is 95.9 cm³/mol. The molecule has 1 aromatic heterocycles. The summed E-state index contributed by atoms with van der Waals surface area (Å²) >= 11 is 5.86. The molecule has 9 heteroatoms. The molecular weight excluding hydrogens is 383 g/mol. The molecule has 1 atom stereocenters. The maximum absolute atomic E-state index is 13.2. The molecule has 3 rings (SSSR count). The molecule has 1 aliphatic rings. The standard InChI is InChI=1S/C18H17ClF3N3O2/c19-12-5-6-15(26)14(9-12)24-17(27)11-3-2-8-25(10-11)16-13(18(20,21)22)4-1-7-23-16/h1,4-7,9,11,26H,2-3,8,10H2,(H,24,27). The van der Waals surface area contributed by atoms with Crippen molar-refractivity contribution in [3.63, 3.8) is 0 Å². The van der Waals surface area contributed by atoms with Crippen LogP contribution in [-0.4, -0.2) is 29.1 Å². The van der Waals surface area contributed by atoms with Crippen LogP contribution in [0.5, 0.6) is 5.75 Å². The van der Waals surface area contributed by atoms with Gasteiger partial charge in [-0.15, -0.1) is 0 Å². The molecule has 2 heterocycles. The molecule has 5 nitrogen and oxygen atoms in total. The van der Waals surface area contributed by atoms with E-state index in [9.17, 15) is 23.1 Å². The number of phenolic OH excluding ortho intramolecular Hbond substituents is 1. The van der Waals surface area contributed by atoms with Crippen LogP contribution in [0.3, 0.4) is 0 Å². The summed E-state index contributed by atoms with van der Waals surface area (Å²) in [5.74, 6) is -1.24. The largest absolute Gasteiger partial charge is 0.506 e. The van der Waals surface area contributed by atoms with Crippen molar-refractivity contribution >= 4 is 29.0 Å². The number of piperidine rings is 1. The molecule has 2 N–H and O–H groups in total. The van der Waals surface area contributed by atoms with Gasteiger partial charge in [0.15, 0.2) is 0 Å². The molecule has 1 aromatic carbocycles. The van der Waals surface area contributed by atoms with E-state index in [0.29, 0.717) is 24.4 Å². The fourth-order valence-electron chi connectivity index (χ4n) is 3.10. The second kappa shape index (κ2) is 7.64. The highest BCUT2D eigenvalue weighted by atomic mass is 35.5. The smallest absolute Gasteiger partial charge is 0.419 e. The number of phenols is 1. The number of halogens is 4. The number of alkyl halides is 3. The zero-order valence-corrected chi connectivity index (χ0v) is 14.9. The van der Waals surface area contributed by atoms with Crippen molar-refractivity contribution in [3.05, 3.63) is 47.1 Å². The molecular formula is C18H17ClF3N3O2. The zero-order chi connectivity index (χ0) is 19.6. The Morgan fingerprint density at radius 2 is 2.11 bits per heavy atom. The maximum Gasteiger partial charge on any atom is 0.419 e. The first-order valence-corrected chi connectivity index (χ1v) is 8.70. The Hall–Kier alpha value is -2.48. The number of amides is 1. The van der Waals surface area contributed by atoms with Gasteiger partial charge in [-0.2, -0.15) is 13.2 Å². The Labute approximate surface area is 158 Å². The Morgan fingerprint density at radius 1 is 1.33 bits per heavy atom. The second-order valence-electron chi connectivity index (χ2n) is 6.31. The van der Waals surface area contributed by atoms with Gasteiger partial charge < -0.3 is 15.3 Å². The molecule has 0 aliphatic carbocycles. The van der Waals surface area contributed by atoms with Crippen LogP contribution < -0.4 is 10.2 Å². The lowest BCUT2D eigenvalue weighted by Crippen LogP contribution is -2.42. The molecule has 1 fully saturated rings. The number of nitrogens with zero attached hydrogens (tertiary/aromatic N) is 2. The number of carbonyl (C=O) groups excluding carboxylic acids is 1. The van der Waals surface area contributed by atoms with Crippen LogP contribution in [0.1, 0.15) is 18.4 Å². The summed E-state index contributed by atoms with van der Waals surface area (Å²) in [6, 6.07) is 6.47. The summed E-state index contributed by atoms with van der Waals surface area (Å²) in [5.41, 5.74) is -0.656. The number of carbonyl (C=O) groups is 1. The topological polar surface area (TPSA) is 65.5 Å². The van der Waals surface area contributed by atoms with E-state index in [1.807, 2.05) is 0 Å². The molecule has 0 bridgehead atoms. The van der Waals surface area contributed by atoms with Crippen molar-refractivity contribution in [1.29, 1.82) is 0 Å². The van der Waals surface area contributed by atoms with E-state index in [2.05, 4.69) is 10.3 Å². The minimum Gasteiger partial charge on any atom is -0.506 e. The predicted octanol–water partition coefficient (Wildman–Crippen LogP) is 4.31. The number of nitrogens with one attached hydrogen (secondary N) is 1. The zero-order valence-electron chi connectivity index (χ0n) is 14.1. The lowest BCUT2D eigenvalue weighted by Gasteiger charge is -2.34. The van der Waals surface area contributed by atoms with Gasteiger partial charge in [-0.1, -0.05) is 11.6 Å². The minimum atomic E-state index is -4.52. The number of hydrogen-bond donors (Lipinski definition) is 2. The van der Waals surface area contributed by atoms with Crippen LogP contribution in [0.2, 0.25) is 5.02 Å². The van der Waals surface area contributed by atoms with Crippen molar-refractivity contribution in [1.82, 2.24) is 4.98 Å². The van der Waals surface area contributed by atoms with Gasteiger partial charge in [-0.05, 0) is 43.2 Å². The normalized spacial score (nSPS) is 17.6. The monoisotopic (exact) mass is 399 g/mol. The van der Waals surface area contributed by atoms with Crippen LogP contribution in [0, 0.1) is 5.92 Å². The van der Waals surface area contributed by atoms with Gasteiger partial charge in [-0.3, -0.25) is 4.79 Å². The third kappa shape index (κ3) is 4.44. The van der Waals surface area contributed by atoms with Crippen LogP contribution in [0.15, 0.2) is 36.5 Å². The number of rotatable bonds is 3. The van der Waals surface area contributed by atoms with E-state index in [4.69, 9.17) is 11.6 Å². The second-order valence-corrected chi connectivity index (χ2v) is 6.74. The lowest BCUT2D eigenvalue weighted by atomic mass is 9.96. The highest BCUT2D eigenvalue weighted by Gasteiger charge is 2.37. The number of pyridine rings is 1. The summed E-state index contributed by atoms with van der Waals surface area (Å²) in [6.45, 7) is 0.486. The quantitative estimate of drug-likeness (QED) is 0.755. The third-order valence-electron chi connectivity index (χ3n) is 4.40. The van der Waals surface area contributed by atoms with Gasteiger partial charge in [0.05, 0.1) is 17.2 Å². The van der Waals surface area contributed by atoms with Gasteiger partial charge in [-0.25, -0.2) is 4.98 Å². The van der Waals surface area contributed by atoms with Crippen molar-refractivity contribution in [2.24, 2.45) is 5.92 Å². The fraction of sp³-hybridized carbons (Fsp3) is 0.333. The average molecular weight is 400 g/mol. The highest BCUT2D eigenvalue weighted by molar-refractivity contribution is 6.31. The number of aromatic nitrogens is 1. The molecule has 1 aliphatic heterocycles. The van der Waals surface area contributed by atoms with Crippen molar-refractivity contribution < 1.29 is 23.1 Å². The third-order valence-corrected chi connectivity index (χ3v) is 4.64. The number of aromatic hydroxyl groups is 1. The Balaban J connectivity index is 1.77. The minimum absolute atomic E-state index is 0.104. The molecule has 0 radical (unpaired) electrons. The Bertz CT molecular complexity index is 845. The Morgan fingerprint density at radius 3 is 2.85 bits per heavy atom. The first-order chi connectivity index (χ1) is 12.8. The van der Waals surface area contributed by atoms with Crippen LogP contribution in [0.25, 0.3) is 0 Å². The molecule has 1 saturated heterocycles. The molecule has 1 unspecified atom stereocenters. The van der Waals surface area contributed by atoms with E-state index < -0.39 is 17.7 Å². The van der Waals surface area contributed by atoms with Crippen LogP contribution >= 0.6 is 11.6 Å². The summed E-state index contributed by atoms with van der Waals surface area (Å²) in [6.07, 6.45) is -2.14. The van der Waals surface area contributed by atoms with Crippen molar-refractivity contribution in [3.8, 4) is 5.75 Å². The van der Waals surface area contributed by atoms with Gasteiger partial charge in [0.25, 0.3) is 0 Å². The summed E-state index contributed by atoms with van der Waals surface area (Å²) in [7, 11) is 0. The fourth-order valence-corrected chi connectivity index (χ4v) is 3.27. The molecule has 2 aromatic rings. The molecule has 0 saturated carbocycles. The van der Waals surface area contributed by atoms with Crippen molar-refractivity contribution in [2.75, 3.05) is 23.3 Å². The lowest BCUT2D eigenvalue weighted by molar-refractivity contribution is -0.137. The Kier molecular flexibility index (Phi) is 5.46. The summed E-state index contributed by atoms with van der Waals surface area (Å²) in [4.78, 5) is 17.9. The summed E-state index contributed by atoms with van der Waals surface area (Å²) in [5, 5.41) is 12.8.